The highest BCUT2D eigenvalue weighted by atomic mass is 16.2. The standard InChI is InChI=1S/C15H21N3O2/c1-16-11-14(19)17-10-12-5-7-13(8-6-12)18-9-3-2-4-15(18)20/h5-8,16H,2-4,9-11H2,1H3,(H,17,19). The molecular formula is C15H21N3O2. The number of carbonyl (C=O) groups is 2. The third-order valence-corrected chi connectivity index (χ3v) is 3.40. The maximum atomic E-state index is 11.8. The fourth-order valence-corrected chi connectivity index (χ4v) is 2.30. The lowest BCUT2D eigenvalue weighted by atomic mass is 10.1. The van der Waals surface area contributed by atoms with Gasteiger partial charge in [-0.05, 0) is 37.6 Å². The Hall–Kier alpha value is -1.88. The molecule has 1 fully saturated rings. The van der Waals surface area contributed by atoms with Gasteiger partial charge in [-0.3, -0.25) is 9.59 Å². The van der Waals surface area contributed by atoms with Crippen LogP contribution in [0.2, 0.25) is 0 Å². The normalized spacial score (nSPS) is 15.2. The Bertz CT molecular complexity index is 471. The van der Waals surface area contributed by atoms with E-state index in [4.69, 9.17) is 0 Å². The van der Waals surface area contributed by atoms with Crippen LogP contribution in [-0.4, -0.2) is 32.0 Å². The van der Waals surface area contributed by atoms with Gasteiger partial charge < -0.3 is 15.5 Å². The molecule has 20 heavy (non-hydrogen) atoms. The van der Waals surface area contributed by atoms with Crippen LogP contribution < -0.4 is 15.5 Å². The number of rotatable bonds is 5. The molecular weight excluding hydrogens is 254 g/mol. The number of hydrogen-bond acceptors (Lipinski definition) is 3. The number of anilines is 1. The van der Waals surface area contributed by atoms with E-state index in [1.165, 1.54) is 0 Å². The molecule has 1 aliphatic rings. The van der Waals surface area contributed by atoms with Crippen LogP contribution in [0.4, 0.5) is 5.69 Å². The maximum absolute atomic E-state index is 11.8. The van der Waals surface area contributed by atoms with Crippen LogP contribution in [-0.2, 0) is 16.1 Å². The van der Waals surface area contributed by atoms with Gasteiger partial charge in [-0.2, -0.15) is 0 Å². The smallest absolute Gasteiger partial charge is 0.234 e. The molecule has 0 saturated carbocycles. The predicted molar refractivity (Wildman–Crippen MR) is 78.4 cm³/mol. The van der Waals surface area contributed by atoms with Crippen LogP contribution in [0.1, 0.15) is 24.8 Å². The van der Waals surface area contributed by atoms with E-state index in [1.807, 2.05) is 29.2 Å². The lowest BCUT2D eigenvalue weighted by Crippen LogP contribution is -2.35. The van der Waals surface area contributed by atoms with E-state index in [0.29, 0.717) is 19.5 Å². The Kier molecular flexibility index (Phi) is 5.12. The summed E-state index contributed by atoms with van der Waals surface area (Å²) in [5, 5.41) is 5.63. The fourth-order valence-electron chi connectivity index (χ4n) is 2.30. The van der Waals surface area contributed by atoms with Gasteiger partial charge in [0.25, 0.3) is 0 Å². The van der Waals surface area contributed by atoms with Crippen LogP contribution in [0.25, 0.3) is 0 Å². The Labute approximate surface area is 119 Å². The first-order chi connectivity index (χ1) is 9.70. The minimum Gasteiger partial charge on any atom is -0.351 e. The van der Waals surface area contributed by atoms with Crippen molar-refractivity contribution in [2.45, 2.75) is 25.8 Å². The van der Waals surface area contributed by atoms with Gasteiger partial charge in [-0.15, -0.1) is 0 Å². The molecule has 0 radical (unpaired) electrons. The molecule has 1 heterocycles. The number of benzene rings is 1. The molecule has 0 unspecified atom stereocenters. The van der Waals surface area contributed by atoms with Crippen LogP contribution in [0.5, 0.6) is 0 Å². The molecule has 0 bridgehead atoms. The van der Waals surface area contributed by atoms with Crippen molar-refractivity contribution in [3.05, 3.63) is 29.8 Å². The molecule has 2 amide bonds. The quantitative estimate of drug-likeness (QED) is 0.844. The molecule has 2 N–H and O–H groups in total. The SMILES string of the molecule is CNCC(=O)NCc1ccc(N2CCCCC2=O)cc1. The summed E-state index contributed by atoms with van der Waals surface area (Å²) < 4.78 is 0. The predicted octanol–water partition coefficient (Wildman–Crippen LogP) is 1.04. The van der Waals surface area contributed by atoms with Gasteiger partial charge in [-0.25, -0.2) is 0 Å². The molecule has 5 heteroatoms. The number of hydrogen-bond donors (Lipinski definition) is 2. The monoisotopic (exact) mass is 275 g/mol. The van der Waals surface area contributed by atoms with E-state index in [1.54, 1.807) is 7.05 Å². The Morgan fingerprint density at radius 3 is 2.65 bits per heavy atom. The second-order valence-corrected chi connectivity index (χ2v) is 4.98. The molecule has 5 nitrogen and oxygen atoms in total. The first kappa shape index (κ1) is 14.5. The van der Waals surface area contributed by atoms with Crippen molar-refractivity contribution >= 4 is 17.5 Å². The topological polar surface area (TPSA) is 61.4 Å². The molecule has 108 valence electrons. The van der Waals surface area contributed by atoms with E-state index in [2.05, 4.69) is 10.6 Å². The van der Waals surface area contributed by atoms with E-state index in [9.17, 15) is 9.59 Å². The van der Waals surface area contributed by atoms with Crippen LogP contribution >= 0.6 is 0 Å². The molecule has 0 atom stereocenters. The van der Waals surface area contributed by atoms with Gasteiger partial charge >= 0.3 is 0 Å². The zero-order chi connectivity index (χ0) is 14.4. The molecule has 0 aromatic heterocycles. The third-order valence-electron chi connectivity index (χ3n) is 3.40. The summed E-state index contributed by atoms with van der Waals surface area (Å²) in [5.41, 5.74) is 1.97. The first-order valence-electron chi connectivity index (χ1n) is 7.01. The van der Waals surface area contributed by atoms with Crippen LogP contribution in [0.15, 0.2) is 24.3 Å². The fraction of sp³-hybridized carbons (Fsp3) is 0.467. The minimum atomic E-state index is -0.0252. The second kappa shape index (κ2) is 7.05. The van der Waals surface area contributed by atoms with Crippen LogP contribution in [0.3, 0.4) is 0 Å². The van der Waals surface area contributed by atoms with E-state index >= 15 is 0 Å². The molecule has 0 aliphatic carbocycles. The van der Waals surface area contributed by atoms with E-state index < -0.39 is 0 Å². The summed E-state index contributed by atoms with van der Waals surface area (Å²) in [5.74, 6) is 0.175. The van der Waals surface area contributed by atoms with E-state index in [-0.39, 0.29) is 11.8 Å². The van der Waals surface area contributed by atoms with Crippen molar-refractivity contribution in [2.75, 3.05) is 25.0 Å². The Morgan fingerprint density at radius 2 is 2.00 bits per heavy atom. The molecule has 1 aromatic carbocycles. The van der Waals surface area contributed by atoms with Gasteiger partial charge in [0.1, 0.15) is 0 Å². The zero-order valence-corrected chi connectivity index (χ0v) is 11.8. The first-order valence-corrected chi connectivity index (χ1v) is 7.01. The summed E-state index contributed by atoms with van der Waals surface area (Å²) in [6.45, 7) is 1.63. The van der Waals surface area contributed by atoms with Gasteiger partial charge in [0, 0.05) is 25.2 Å². The van der Waals surface area contributed by atoms with Crippen molar-refractivity contribution < 1.29 is 9.59 Å². The third kappa shape index (κ3) is 3.81. The summed E-state index contributed by atoms with van der Waals surface area (Å²) in [6.07, 6.45) is 2.69. The maximum Gasteiger partial charge on any atom is 0.234 e. The zero-order valence-electron chi connectivity index (χ0n) is 11.8. The summed E-state index contributed by atoms with van der Waals surface area (Å²) >= 11 is 0. The van der Waals surface area contributed by atoms with Crippen LogP contribution in [0, 0.1) is 0 Å². The van der Waals surface area contributed by atoms with E-state index in [0.717, 1.165) is 30.6 Å². The number of likely N-dealkylation sites (N-methyl/N-ethyl adjacent to an activating group) is 1. The number of nitrogens with one attached hydrogen (secondary N) is 2. The molecule has 2 rings (SSSR count). The van der Waals surface area contributed by atoms with Crippen molar-refractivity contribution in [1.82, 2.24) is 10.6 Å². The van der Waals surface area contributed by atoms with Gasteiger partial charge in [-0.1, -0.05) is 12.1 Å². The second-order valence-electron chi connectivity index (χ2n) is 4.98. The summed E-state index contributed by atoms with van der Waals surface area (Å²) in [6, 6.07) is 7.80. The molecule has 1 saturated heterocycles. The molecule has 1 aromatic rings. The molecule has 0 spiro atoms. The Morgan fingerprint density at radius 1 is 1.25 bits per heavy atom. The van der Waals surface area contributed by atoms with Crippen molar-refractivity contribution in [1.29, 1.82) is 0 Å². The average Bonchev–Trinajstić information content (AvgIpc) is 2.47. The average molecular weight is 275 g/mol. The summed E-state index contributed by atoms with van der Waals surface area (Å²) in [7, 11) is 1.74. The number of carbonyl (C=O) groups excluding carboxylic acids is 2. The van der Waals surface area contributed by atoms with Gasteiger partial charge in [0.2, 0.25) is 11.8 Å². The minimum absolute atomic E-state index is 0.0252. The Balaban J connectivity index is 1.92. The highest BCUT2D eigenvalue weighted by molar-refractivity contribution is 5.93. The highest BCUT2D eigenvalue weighted by Gasteiger charge is 2.19. The number of piperidine rings is 1. The number of nitrogens with zero attached hydrogens (tertiary/aromatic N) is 1. The largest absolute Gasteiger partial charge is 0.351 e. The van der Waals surface area contributed by atoms with Crippen molar-refractivity contribution in [2.24, 2.45) is 0 Å². The van der Waals surface area contributed by atoms with Crippen molar-refractivity contribution in [3.8, 4) is 0 Å². The van der Waals surface area contributed by atoms with Crippen molar-refractivity contribution in [3.63, 3.8) is 0 Å². The van der Waals surface area contributed by atoms with Gasteiger partial charge in [0.15, 0.2) is 0 Å². The van der Waals surface area contributed by atoms with Gasteiger partial charge in [0.05, 0.1) is 6.54 Å². The number of amides is 2. The highest BCUT2D eigenvalue weighted by Crippen LogP contribution is 2.21. The molecule has 1 aliphatic heterocycles. The lowest BCUT2D eigenvalue weighted by Gasteiger charge is -2.26. The lowest BCUT2D eigenvalue weighted by molar-refractivity contribution is -0.120. The summed E-state index contributed by atoms with van der Waals surface area (Å²) in [4.78, 5) is 25.0.